The number of nitrogens with zero attached hydrogens (tertiary/aromatic N) is 1. The summed E-state index contributed by atoms with van der Waals surface area (Å²) >= 11 is 1.67. The molecule has 2 heteroatoms. The summed E-state index contributed by atoms with van der Waals surface area (Å²) in [5.74, 6) is 3.56. The van der Waals surface area contributed by atoms with Crippen LogP contribution in [0.4, 0.5) is 0 Å². The number of thioether (sulfide) groups is 1. The van der Waals surface area contributed by atoms with E-state index in [4.69, 9.17) is 6.42 Å². The van der Waals surface area contributed by atoms with E-state index in [9.17, 15) is 0 Å². The highest BCUT2D eigenvalue weighted by Crippen LogP contribution is 2.21. The second kappa shape index (κ2) is 1.83. The normalized spacial score (nSPS) is 35.0. The van der Waals surface area contributed by atoms with Crippen LogP contribution in [-0.2, 0) is 0 Å². The molecule has 0 aromatic heterocycles. The summed E-state index contributed by atoms with van der Waals surface area (Å²) in [5.41, 5.74) is 1.62. The summed E-state index contributed by atoms with van der Waals surface area (Å²) in [7, 11) is 0. The number of hydrogen-bond donors (Lipinski definition) is 0. The molecule has 1 aliphatic heterocycles. The van der Waals surface area contributed by atoms with Crippen LogP contribution in [0.1, 0.15) is 6.92 Å². The highest BCUT2D eigenvalue weighted by Gasteiger charge is 2.22. The highest BCUT2D eigenvalue weighted by molar-refractivity contribution is 8.12. The van der Waals surface area contributed by atoms with Gasteiger partial charge in [-0.3, -0.25) is 4.99 Å². The molecule has 0 amide bonds. The summed E-state index contributed by atoms with van der Waals surface area (Å²) in [6.45, 7) is 1.96. The van der Waals surface area contributed by atoms with Crippen LogP contribution >= 0.6 is 11.8 Å². The van der Waals surface area contributed by atoms with Crippen molar-refractivity contribution in [2.75, 3.05) is 5.75 Å². The minimum atomic E-state index is -0.204. The smallest absolute Gasteiger partial charge is 0.128 e. The molecular weight excluding hydrogens is 118 g/mol. The van der Waals surface area contributed by atoms with Crippen LogP contribution in [0.25, 0.3) is 0 Å². The van der Waals surface area contributed by atoms with Crippen molar-refractivity contribution in [3.05, 3.63) is 0 Å². The standard InChI is InChI=1S/C6H7NS/c1-3-6(2)4-8-5-7-6/h1,5H,4H2,2H3. The Kier molecular flexibility index (Phi) is 1.31. The second-order valence-electron chi connectivity index (χ2n) is 1.96. The number of rotatable bonds is 0. The number of terminal acetylenes is 1. The molecule has 0 spiro atoms. The van der Waals surface area contributed by atoms with Crippen molar-refractivity contribution in [1.29, 1.82) is 0 Å². The fourth-order valence-electron chi connectivity index (χ4n) is 0.469. The summed E-state index contributed by atoms with van der Waals surface area (Å²) in [4.78, 5) is 4.09. The van der Waals surface area contributed by atoms with Crippen molar-refractivity contribution in [3.63, 3.8) is 0 Å². The summed E-state index contributed by atoms with van der Waals surface area (Å²) in [6, 6.07) is 0. The van der Waals surface area contributed by atoms with Crippen molar-refractivity contribution >= 4 is 17.3 Å². The van der Waals surface area contributed by atoms with Crippen LogP contribution < -0.4 is 0 Å². The molecule has 1 nitrogen and oxygen atoms in total. The van der Waals surface area contributed by atoms with E-state index in [1.807, 2.05) is 12.5 Å². The maximum absolute atomic E-state index is 5.19. The lowest BCUT2D eigenvalue weighted by Crippen LogP contribution is -2.18. The van der Waals surface area contributed by atoms with Gasteiger partial charge >= 0.3 is 0 Å². The Hall–Kier alpha value is -0.420. The molecule has 1 aliphatic rings. The lowest BCUT2D eigenvalue weighted by atomic mass is 10.1. The van der Waals surface area contributed by atoms with E-state index in [-0.39, 0.29) is 5.54 Å². The van der Waals surface area contributed by atoms with Gasteiger partial charge in [-0.2, -0.15) is 0 Å². The zero-order valence-corrected chi connectivity index (χ0v) is 5.53. The van der Waals surface area contributed by atoms with Crippen LogP contribution in [-0.4, -0.2) is 16.8 Å². The van der Waals surface area contributed by atoms with Gasteiger partial charge < -0.3 is 0 Å². The molecule has 1 unspecified atom stereocenters. The van der Waals surface area contributed by atoms with Gasteiger partial charge in [0.2, 0.25) is 0 Å². The van der Waals surface area contributed by atoms with E-state index < -0.39 is 0 Å². The van der Waals surface area contributed by atoms with Crippen molar-refractivity contribution in [2.24, 2.45) is 4.99 Å². The van der Waals surface area contributed by atoms with Gasteiger partial charge in [-0.05, 0) is 6.92 Å². The Morgan fingerprint density at radius 1 is 2.00 bits per heavy atom. The Bertz CT molecular complexity index is 156. The molecule has 0 aliphatic carbocycles. The molecule has 1 heterocycles. The van der Waals surface area contributed by atoms with Crippen LogP contribution in [0, 0.1) is 12.3 Å². The Labute approximate surface area is 53.6 Å². The fourth-order valence-corrected chi connectivity index (χ4v) is 1.33. The molecule has 0 bridgehead atoms. The highest BCUT2D eigenvalue weighted by atomic mass is 32.2. The molecule has 42 valence electrons. The van der Waals surface area contributed by atoms with Crippen molar-refractivity contribution in [2.45, 2.75) is 12.5 Å². The molecule has 0 radical (unpaired) electrons. The second-order valence-corrected chi connectivity index (χ2v) is 2.80. The minimum Gasteiger partial charge on any atom is -0.266 e. The van der Waals surface area contributed by atoms with Gasteiger partial charge in [0, 0.05) is 5.75 Å². The van der Waals surface area contributed by atoms with Gasteiger partial charge in [0.1, 0.15) is 5.54 Å². The van der Waals surface area contributed by atoms with Gasteiger partial charge in [0.05, 0.1) is 5.55 Å². The molecule has 1 atom stereocenters. The zero-order valence-electron chi connectivity index (χ0n) is 4.72. The Morgan fingerprint density at radius 3 is 3.00 bits per heavy atom. The van der Waals surface area contributed by atoms with E-state index in [1.165, 1.54) is 0 Å². The van der Waals surface area contributed by atoms with E-state index in [0.29, 0.717) is 0 Å². The van der Waals surface area contributed by atoms with Crippen molar-refractivity contribution in [1.82, 2.24) is 0 Å². The lowest BCUT2D eigenvalue weighted by molar-refractivity contribution is 0.711. The quantitative estimate of drug-likeness (QED) is 0.442. The summed E-state index contributed by atoms with van der Waals surface area (Å²) in [5, 5.41) is 0. The first kappa shape index (κ1) is 5.71. The maximum atomic E-state index is 5.19. The first-order valence-corrected chi connectivity index (χ1v) is 3.45. The third-order valence-corrected chi connectivity index (χ3v) is 2.07. The lowest BCUT2D eigenvalue weighted by Gasteiger charge is -2.08. The van der Waals surface area contributed by atoms with Crippen LogP contribution in [0.5, 0.6) is 0 Å². The van der Waals surface area contributed by atoms with E-state index in [0.717, 1.165) is 5.75 Å². The van der Waals surface area contributed by atoms with E-state index >= 15 is 0 Å². The summed E-state index contributed by atoms with van der Waals surface area (Å²) < 4.78 is 0. The monoisotopic (exact) mass is 125 g/mol. The minimum absolute atomic E-state index is 0.204. The molecular formula is C6H7NS. The summed E-state index contributed by atoms with van der Waals surface area (Å²) in [6.07, 6.45) is 5.19. The van der Waals surface area contributed by atoms with Gasteiger partial charge in [-0.25, -0.2) is 0 Å². The predicted octanol–water partition coefficient (Wildman–Crippen LogP) is 1.15. The average Bonchev–Trinajstić information content (AvgIpc) is 2.17. The first-order valence-electron chi connectivity index (χ1n) is 2.40. The number of hydrogen-bond acceptors (Lipinski definition) is 2. The fraction of sp³-hybridized carbons (Fsp3) is 0.500. The van der Waals surface area contributed by atoms with Gasteiger partial charge in [0.25, 0.3) is 0 Å². The van der Waals surface area contributed by atoms with Crippen molar-refractivity contribution < 1.29 is 0 Å². The molecule has 0 saturated carbocycles. The average molecular weight is 125 g/mol. The van der Waals surface area contributed by atoms with Crippen LogP contribution in [0.15, 0.2) is 4.99 Å². The zero-order chi connectivity index (χ0) is 6.04. The van der Waals surface area contributed by atoms with Gasteiger partial charge in [0.15, 0.2) is 0 Å². The third-order valence-electron chi connectivity index (χ3n) is 1.09. The van der Waals surface area contributed by atoms with Crippen molar-refractivity contribution in [3.8, 4) is 12.3 Å². The molecule has 0 aromatic rings. The van der Waals surface area contributed by atoms with Crippen LogP contribution in [0.3, 0.4) is 0 Å². The van der Waals surface area contributed by atoms with Gasteiger partial charge in [-0.1, -0.05) is 5.92 Å². The maximum Gasteiger partial charge on any atom is 0.128 e. The van der Waals surface area contributed by atoms with E-state index in [2.05, 4.69) is 10.9 Å². The molecule has 0 aromatic carbocycles. The molecule has 0 fully saturated rings. The van der Waals surface area contributed by atoms with E-state index in [1.54, 1.807) is 11.8 Å². The van der Waals surface area contributed by atoms with Gasteiger partial charge in [-0.15, -0.1) is 18.2 Å². The molecule has 0 saturated heterocycles. The predicted molar refractivity (Wildman–Crippen MR) is 38.2 cm³/mol. The Balaban J connectivity index is 2.72. The molecule has 1 rings (SSSR count). The number of aliphatic imine (C=N–C) groups is 1. The third kappa shape index (κ3) is 0.873. The topological polar surface area (TPSA) is 12.4 Å². The largest absolute Gasteiger partial charge is 0.266 e. The first-order chi connectivity index (χ1) is 3.77. The SMILES string of the molecule is C#CC1(C)CSC=N1. The van der Waals surface area contributed by atoms with Crippen LogP contribution in [0.2, 0.25) is 0 Å². The Morgan fingerprint density at radius 2 is 2.75 bits per heavy atom. The molecule has 8 heavy (non-hydrogen) atoms. The molecule has 0 N–H and O–H groups in total.